The van der Waals surface area contributed by atoms with E-state index in [1.54, 1.807) is 7.11 Å². The molecule has 0 aliphatic carbocycles. The first kappa shape index (κ1) is 17.8. The summed E-state index contributed by atoms with van der Waals surface area (Å²) in [7, 11) is 1.69. The zero-order valence-corrected chi connectivity index (χ0v) is 13.5. The van der Waals surface area contributed by atoms with Crippen molar-refractivity contribution in [3.63, 3.8) is 0 Å². The van der Waals surface area contributed by atoms with Gasteiger partial charge in [-0.15, -0.1) is 0 Å². The maximum Gasteiger partial charge on any atom is 0.225 e. The molecular weight excluding hydrogens is 302 g/mol. The van der Waals surface area contributed by atoms with Crippen molar-refractivity contribution >= 4 is 11.6 Å². The Labute approximate surface area is 135 Å². The minimum absolute atomic E-state index is 0.107. The molecule has 1 fully saturated rings. The predicted octanol–water partition coefficient (Wildman–Crippen LogP) is 3.18. The number of ether oxygens (including phenoxy) is 1. The van der Waals surface area contributed by atoms with Crippen molar-refractivity contribution in [1.82, 2.24) is 4.90 Å². The second kappa shape index (κ2) is 8.93. The third-order valence-electron chi connectivity index (χ3n) is 4.23. The van der Waals surface area contributed by atoms with Crippen molar-refractivity contribution in [1.29, 1.82) is 0 Å². The van der Waals surface area contributed by atoms with Crippen LogP contribution < -0.4 is 5.32 Å². The number of benzene rings is 1. The standard InChI is InChI=1S/C17H24F2N2O2/c1-23-11-8-14-4-2-3-9-21(14)10-7-17(22)20-16-12-13(18)5-6-15(16)19/h5-6,12,14H,2-4,7-11H2,1H3,(H,20,22)/t14-/m0/s1. The largest absolute Gasteiger partial charge is 0.385 e. The summed E-state index contributed by atoms with van der Waals surface area (Å²) >= 11 is 0. The van der Waals surface area contributed by atoms with E-state index in [1.165, 1.54) is 6.42 Å². The highest BCUT2D eigenvalue weighted by atomic mass is 19.1. The number of hydrogen-bond donors (Lipinski definition) is 1. The molecule has 23 heavy (non-hydrogen) atoms. The highest BCUT2D eigenvalue weighted by Gasteiger charge is 2.22. The van der Waals surface area contributed by atoms with Gasteiger partial charge in [-0.05, 0) is 37.9 Å². The average molecular weight is 326 g/mol. The number of piperidine rings is 1. The molecular formula is C17H24F2N2O2. The summed E-state index contributed by atoms with van der Waals surface area (Å²) in [5, 5.41) is 2.44. The third kappa shape index (κ3) is 5.55. The van der Waals surface area contributed by atoms with Crippen LogP contribution in [0.4, 0.5) is 14.5 Å². The first-order valence-corrected chi connectivity index (χ1v) is 8.08. The number of methoxy groups -OCH3 is 1. The number of nitrogens with one attached hydrogen (secondary N) is 1. The molecule has 0 spiro atoms. The van der Waals surface area contributed by atoms with Gasteiger partial charge in [0.15, 0.2) is 0 Å². The molecule has 0 bridgehead atoms. The second-order valence-electron chi connectivity index (χ2n) is 5.89. The number of halogens is 2. The molecule has 1 aliphatic rings. The summed E-state index contributed by atoms with van der Waals surface area (Å²) in [6.45, 7) is 2.30. The number of hydrogen-bond acceptors (Lipinski definition) is 3. The van der Waals surface area contributed by atoms with E-state index >= 15 is 0 Å². The molecule has 128 valence electrons. The van der Waals surface area contributed by atoms with E-state index < -0.39 is 11.6 Å². The van der Waals surface area contributed by atoms with Gasteiger partial charge >= 0.3 is 0 Å². The minimum atomic E-state index is -0.629. The SMILES string of the molecule is COCC[C@@H]1CCCCN1CCC(=O)Nc1cc(F)ccc1F. The van der Waals surface area contributed by atoms with Crippen molar-refractivity contribution in [2.45, 2.75) is 38.1 Å². The number of rotatable bonds is 7. The van der Waals surface area contributed by atoms with Gasteiger partial charge in [-0.3, -0.25) is 9.69 Å². The average Bonchev–Trinajstić information content (AvgIpc) is 2.55. The van der Waals surface area contributed by atoms with Gasteiger partial charge in [0.05, 0.1) is 5.69 Å². The summed E-state index contributed by atoms with van der Waals surface area (Å²) < 4.78 is 31.8. The van der Waals surface area contributed by atoms with Gasteiger partial charge in [-0.2, -0.15) is 0 Å². The molecule has 4 nitrogen and oxygen atoms in total. The number of likely N-dealkylation sites (tertiary alicyclic amines) is 1. The number of carbonyl (C=O) groups is 1. The molecule has 0 saturated carbocycles. The Balaban J connectivity index is 1.83. The van der Waals surface area contributed by atoms with E-state index in [1.807, 2.05) is 0 Å². The van der Waals surface area contributed by atoms with Crippen molar-refractivity contribution in [2.75, 3.05) is 32.1 Å². The van der Waals surface area contributed by atoms with E-state index in [9.17, 15) is 13.6 Å². The van der Waals surface area contributed by atoms with Gasteiger partial charge in [0, 0.05) is 38.8 Å². The van der Waals surface area contributed by atoms with Crippen LogP contribution in [0.3, 0.4) is 0 Å². The minimum Gasteiger partial charge on any atom is -0.385 e. The van der Waals surface area contributed by atoms with Gasteiger partial charge in [-0.1, -0.05) is 6.42 Å². The highest BCUT2D eigenvalue weighted by Crippen LogP contribution is 2.20. The van der Waals surface area contributed by atoms with E-state index in [4.69, 9.17) is 4.74 Å². The van der Waals surface area contributed by atoms with E-state index in [0.717, 1.165) is 44.0 Å². The molecule has 6 heteroatoms. The summed E-state index contributed by atoms with van der Waals surface area (Å²) in [6, 6.07) is 3.47. The Morgan fingerprint density at radius 2 is 2.22 bits per heavy atom. The van der Waals surface area contributed by atoms with Crippen molar-refractivity contribution in [3.05, 3.63) is 29.8 Å². The van der Waals surface area contributed by atoms with Crippen LogP contribution in [-0.2, 0) is 9.53 Å². The Morgan fingerprint density at radius 1 is 1.39 bits per heavy atom. The summed E-state index contributed by atoms with van der Waals surface area (Å²) in [6.07, 6.45) is 4.66. The lowest BCUT2D eigenvalue weighted by Crippen LogP contribution is -2.41. The number of anilines is 1. The van der Waals surface area contributed by atoms with Gasteiger partial charge in [0.1, 0.15) is 11.6 Å². The third-order valence-corrected chi connectivity index (χ3v) is 4.23. The van der Waals surface area contributed by atoms with Gasteiger partial charge in [0.25, 0.3) is 0 Å². The first-order chi connectivity index (χ1) is 11.1. The quantitative estimate of drug-likeness (QED) is 0.837. The van der Waals surface area contributed by atoms with Gasteiger partial charge in [-0.25, -0.2) is 8.78 Å². The van der Waals surface area contributed by atoms with Crippen LogP contribution in [0, 0.1) is 11.6 Å². The summed E-state index contributed by atoms with van der Waals surface area (Å²) in [5.74, 6) is -1.50. The molecule has 1 amide bonds. The summed E-state index contributed by atoms with van der Waals surface area (Å²) in [4.78, 5) is 14.3. The number of carbonyl (C=O) groups excluding carboxylic acids is 1. The van der Waals surface area contributed by atoms with Crippen molar-refractivity contribution in [3.8, 4) is 0 Å². The van der Waals surface area contributed by atoms with Crippen LogP contribution in [0.1, 0.15) is 32.1 Å². The van der Waals surface area contributed by atoms with Crippen LogP contribution >= 0.6 is 0 Å². The normalized spacial score (nSPS) is 18.8. The van der Waals surface area contributed by atoms with E-state index in [2.05, 4.69) is 10.2 Å². The lowest BCUT2D eigenvalue weighted by atomic mass is 9.99. The molecule has 1 atom stereocenters. The van der Waals surface area contributed by atoms with Crippen LogP contribution in [-0.4, -0.2) is 43.7 Å². The molecule has 1 aromatic carbocycles. The summed E-state index contributed by atoms with van der Waals surface area (Å²) in [5.41, 5.74) is -0.107. The first-order valence-electron chi connectivity index (χ1n) is 8.08. The van der Waals surface area contributed by atoms with Crippen molar-refractivity contribution < 1.29 is 18.3 Å². The monoisotopic (exact) mass is 326 g/mol. The molecule has 1 heterocycles. The zero-order chi connectivity index (χ0) is 16.7. The molecule has 1 aromatic rings. The molecule has 0 unspecified atom stereocenters. The molecule has 1 aliphatic heterocycles. The fraction of sp³-hybridized carbons (Fsp3) is 0.588. The Morgan fingerprint density at radius 3 is 3.00 bits per heavy atom. The Kier molecular flexibility index (Phi) is 6.92. The lowest BCUT2D eigenvalue weighted by molar-refractivity contribution is -0.116. The van der Waals surface area contributed by atoms with E-state index in [-0.39, 0.29) is 18.0 Å². The van der Waals surface area contributed by atoms with Gasteiger partial charge in [0.2, 0.25) is 5.91 Å². The Bertz CT molecular complexity index is 525. The predicted molar refractivity (Wildman–Crippen MR) is 85.3 cm³/mol. The molecule has 1 N–H and O–H groups in total. The van der Waals surface area contributed by atoms with Crippen molar-refractivity contribution in [2.24, 2.45) is 0 Å². The van der Waals surface area contributed by atoms with Crippen LogP contribution in [0.5, 0.6) is 0 Å². The highest BCUT2D eigenvalue weighted by molar-refractivity contribution is 5.90. The fourth-order valence-corrected chi connectivity index (χ4v) is 2.99. The van der Waals surface area contributed by atoms with E-state index in [0.29, 0.717) is 19.2 Å². The maximum absolute atomic E-state index is 13.5. The fourth-order valence-electron chi connectivity index (χ4n) is 2.99. The van der Waals surface area contributed by atoms with Crippen LogP contribution in [0.2, 0.25) is 0 Å². The zero-order valence-electron chi connectivity index (χ0n) is 13.5. The lowest BCUT2D eigenvalue weighted by Gasteiger charge is -2.35. The number of amides is 1. The molecule has 1 saturated heterocycles. The topological polar surface area (TPSA) is 41.6 Å². The smallest absolute Gasteiger partial charge is 0.225 e. The Hall–Kier alpha value is -1.53. The van der Waals surface area contributed by atoms with Crippen LogP contribution in [0.25, 0.3) is 0 Å². The van der Waals surface area contributed by atoms with Gasteiger partial charge < -0.3 is 10.1 Å². The number of nitrogens with zero attached hydrogens (tertiary/aromatic N) is 1. The molecule has 2 rings (SSSR count). The van der Waals surface area contributed by atoms with Crippen LogP contribution in [0.15, 0.2) is 18.2 Å². The second-order valence-corrected chi connectivity index (χ2v) is 5.89. The molecule has 0 aromatic heterocycles. The maximum atomic E-state index is 13.5. The molecule has 0 radical (unpaired) electrons.